The molecule has 0 N–H and O–H groups in total. The molecule has 2 aromatic carbocycles. The molecule has 0 aromatic heterocycles. The molecule has 0 unspecified atom stereocenters. The topological polar surface area (TPSA) is 33.0 Å². The highest BCUT2D eigenvalue weighted by atomic mass is 19.4. The lowest BCUT2D eigenvalue weighted by molar-refractivity contribution is -0.137. The molecule has 0 fully saturated rings. The van der Waals surface area contributed by atoms with Crippen LogP contribution >= 0.6 is 0 Å². The first-order chi connectivity index (χ1) is 10.7. The van der Waals surface area contributed by atoms with E-state index in [1.165, 1.54) is 0 Å². The zero-order valence-corrected chi connectivity index (χ0v) is 11.2. The Morgan fingerprint density at radius 2 is 1.74 bits per heavy atom. The number of alkyl halides is 5. The molecule has 0 saturated heterocycles. The number of hydrogen-bond donors (Lipinski definition) is 0. The maximum atomic E-state index is 13.8. The Labute approximate surface area is 126 Å². The number of nitriles is 1. The van der Waals surface area contributed by atoms with Gasteiger partial charge in [0.05, 0.1) is 11.1 Å². The van der Waals surface area contributed by atoms with Crippen molar-refractivity contribution in [3.63, 3.8) is 0 Å². The fraction of sp³-hybridized carbons (Fsp3) is 0.133. The van der Waals surface area contributed by atoms with Crippen LogP contribution in [0, 0.1) is 17.1 Å². The van der Waals surface area contributed by atoms with Crippen LogP contribution in [0.3, 0.4) is 0 Å². The van der Waals surface area contributed by atoms with Gasteiger partial charge in [-0.3, -0.25) is 0 Å². The lowest BCUT2D eigenvalue weighted by Crippen LogP contribution is -2.06. The lowest BCUT2D eigenvalue weighted by atomic mass is 10.0. The highest BCUT2D eigenvalue weighted by Gasteiger charge is 2.31. The molecule has 0 saturated carbocycles. The smallest absolute Gasteiger partial charge is 0.416 e. The number of nitrogens with zero attached hydrogens (tertiary/aromatic N) is 1. The first-order valence-electron chi connectivity index (χ1n) is 6.08. The summed E-state index contributed by atoms with van der Waals surface area (Å²) >= 11 is 0. The summed E-state index contributed by atoms with van der Waals surface area (Å²) in [6.45, 7) is -3.23. The van der Waals surface area contributed by atoms with Gasteiger partial charge in [0.1, 0.15) is 17.6 Å². The van der Waals surface area contributed by atoms with Gasteiger partial charge in [-0.2, -0.15) is 27.2 Å². The van der Waals surface area contributed by atoms with Crippen LogP contribution in [0.4, 0.5) is 26.3 Å². The van der Waals surface area contributed by atoms with Crippen LogP contribution in [0.5, 0.6) is 5.75 Å². The van der Waals surface area contributed by atoms with Crippen molar-refractivity contribution < 1.29 is 31.1 Å². The molecule has 2 nitrogen and oxygen atoms in total. The first kappa shape index (κ1) is 16.7. The van der Waals surface area contributed by atoms with Crippen LogP contribution in [-0.4, -0.2) is 6.61 Å². The molecule has 0 aliphatic rings. The Bertz CT molecular complexity index is 764. The summed E-state index contributed by atoms with van der Waals surface area (Å²) in [5, 5.41) is 8.80. The second kappa shape index (κ2) is 6.20. The molecule has 0 atom stereocenters. The molecule has 2 aromatic rings. The fourth-order valence-corrected chi connectivity index (χ4v) is 1.90. The maximum Gasteiger partial charge on any atom is 0.416 e. The van der Waals surface area contributed by atoms with E-state index >= 15 is 0 Å². The van der Waals surface area contributed by atoms with Crippen LogP contribution < -0.4 is 4.74 Å². The Morgan fingerprint density at radius 1 is 1.04 bits per heavy atom. The van der Waals surface area contributed by atoms with Gasteiger partial charge < -0.3 is 4.74 Å². The van der Waals surface area contributed by atoms with E-state index in [2.05, 4.69) is 4.74 Å². The van der Waals surface area contributed by atoms with Gasteiger partial charge >= 0.3 is 12.8 Å². The molecule has 0 aliphatic carbocycles. The predicted octanol–water partition coefficient (Wildman–Crippen LogP) is 4.98. The molecule has 0 spiro atoms. The summed E-state index contributed by atoms with van der Waals surface area (Å²) in [5.41, 5.74) is -1.90. The Morgan fingerprint density at radius 3 is 2.30 bits per heavy atom. The number of benzene rings is 2. The zero-order valence-electron chi connectivity index (χ0n) is 11.2. The quantitative estimate of drug-likeness (QED) is 0.743. The largest absolute Gasteiger partial charge is 0.433 e. The number of hydrogen-bond acceptors (Lipinski definition) is 2. The van der Waals surface area contributed by atoms with Gasteiger partial charge in [-0.25, -0.2) is 4.39 Å². The summed E-state index contributed by atoms with van der Waals surface area (Å²) in [6.07, 6.45) is -4.68. The van der Waals surface area contributed by atoms with Gasteiger partial charge in [-0.05, 0) is 35.9 Å². The third-order valence-corrected chi connectivity index (χ3v) is 2.92. The summed E-state index contributed by atoms with van der Waals surface area (Å²) in [6, 6.07) is 6.46. The van der Waals surface area contributed by atoms with Crippen molar-refractivity contribution in [3.8, 4) is 22.9 Å². The molecule has 8 heteroatoms. The van der Waals surface area contributed by atoms with Crippen molar-refractivity contribution in [1.82, 2.24) is 0 Å². The highest BCUT2D eigenvalue weighted by Crippen LogP contribution is 2.35. The average molecular weight is 331 g/mol. The monoisotopic (exact) mass is 331 g/mol. The van der Waals surface area contributed by atoms with E-state index in [-0.39, 0.29) is 11.1 Å². The minimum atomic E-state index is -4.68. The molecule has 2 rings (SSSR count). The van der Waals surface area contributed by atoms with Crippen LogP contribution in [0.2, 0.25) is 0 Å². The van der Waals surface area contributed by atoms with Crippen LogP contribution in [0.25, 0.3) is 11.1 Å². The average Bonchev–Trinajstić information content (AvgIpc) is 2.46. The third kappa shape index (κ3) is 3.74. The Balaban J connectivity index is 2.56. The molecular formula is C15H7F6NO. The molecule has 120 valence electrons. The van der Waals surface area contributed by atoms with Crippen LogP contribution in [0.1, 0.15) is 11.1 Å². The summed E-state index contributed by atoms with van der Waals surface area (Å²) in [5.74, 6) is -1.51. The predicted molar refractivity (Wildman–Crippen MR) is 68.2 cm³/mol. The van der Waals surface area contributed by atoms with Gasteiger partial charge in [0, 0.05) is 5.56 Å². The lowest BCUT2D eigenvalue weighted by Gasteiger charge is -2.12. The van der Waals surface area contributed by atoms with E-state index in [0.717, 1.165) is 18.2 Å². The molecule has 0 amide bonds. The standard InChI is InChI=1S/C15H7F6NO/c16-12-4-3-10(15(19,20)21)6-11(12)8-1-2-9(7-22)13(5-8)23-14(17)18/h1-6,14H. The van der Waals surface area contributed by atoms with E-state index in [1.54, 1.807) is 6.07 Å². The Kier molecular flexibility index (Phi) is 4.50. The van der Waals surface area contributed by atoms with E-state index in [4.69, 9.17) is 5.26 Å². The Hall–Kier alpha value is -2.69. The summed E-state index contributed by atoms with van der Waals surface area (Å²) in [4.78, 5) is 0. The summed E-state index contributed by atoms with van der Waals surface area (Å²) in [7, 11) is 0. The minimum Gasteiger partial charge on any atom is -0.433 e. The van der Waals surface area contributed by atoms with E-state index in [9.17, 15) is 26.3 Å². The third-order valence-electron chi connectivity index (χ3n) is 2.92. The molecule has 23 heavy (non-hydrogen) atoms. The SMILES string of the molecule is N#Cc1ccc(-c2cc(C(F)(F)F)ccc2F)cc1OC(F)F. The second-order valence-corrected chi connectivity index (χ2v) is 4.39. The van der Waals surface area contributed by atoms with Crippen LogP contribution in [0.15, 0.2) is 36.4 Å². The van der Waals surface area contributed by atoms with Crippen LogP contribution in [-0.2, 0) is 6.18 Å². The van der Waals surface area contributed by atoms with Crippen molar-refractivity contribution in [2.45, 2.75) is 12.8 Å². The molecule has 0 radical (unpaired) electrons. The highest BCUT2D eigenvalue weighted by molar-refractivity contribution is 5.68. The number of halogens is 6. The van der Waals surface area contributed by atoms with Gasteiger partial charge in [0.25, 0.3) is 0 Å². The van der Waals surface area contributed by atoms with Gasteiger partial charge in [0.2, 0.25) is 0 Å². The zero-order chi connectivity index (χ0) is 17.2. The van der Waals surface area contributed by atoms with Crippen molar-refractivity contribution in [3.05, 3.63) is 53.3 Å². The van der Waals surface area contributed by atoms with Crippen molar-refractivity contribution in [2.24, 2.45) is 0 Å². The van der Waals surface area contributed by atoms with E-state index < -0.39 is 35.5 Å². The van der Waals surface area contributed by atoms with E-state index in [0.29, 0.717) is 18.2 Å². The van der Waals surface area contributed by atoms with Gasteiger partial charge in [-0.1, -0.05) is 6.07 Å². The molecule has 0 aliphatic heterocycles. The van der Waals surface area contributed by atoms with Gasteiger partial charge in [-0.15, -0.1) is 0 Å². The van der Waals surface area contributed by atoms with E-state index in [1.807, 2.05) is 0 Å². The number of rotatable bonds is 3. The molecule has 0 heterocycles. The fourth-order valence-electron chi connectivity index (χ4n) is 1.90. The van der Waals surface area contributed by atoms with Crippen molar-refractivity contribution >= 4 is 0 Å². The number of ether oxygens (including phenoxy) is 1. The van der Waals surface area contributed by atoms with Crippen molar-refractivity contribution in [1.29, 1.82) is 5.26 Å². The van der Waals surface area contributed by atoms with Crippen molar-refractivity contribution in [2.75, 3.05) is 0 Å². The minimum absolute atomic E-state index is 0.122. The maximum absolute atomic E-state index is 13.8. The van der Waals surface area contributed by atoms with Gasteiger partial charge in [0.15, 0.2) is 0 Å². The second-order valence-electron chi connectivity index (χ2n) is 4.39. The molecule has 0 bridgehead atoms. The normalized spacial score (nSPS) is 11.4. The molecular weight excluding hydrogens is 324 g/mol. The summed E-state index contributed by atoms with van der Waals surface area (Å²) < 4.78 is 80.7. The first-order valence-corrected chi connectivity index (χ1v) is 6.08.